The molecule has 1 atom stereocenters. The minimum absolute atomic E-state index is 0.148. The minimum Gasteiger partial charge on any atom is -0.339 e. The Morgan fingerprint density at radius 2 is 2.35 bits per heavy atom. The normalized spacial score (nSPS) is 24.6. The van der Waals surface area contributed by atoms with Crippen molar-refractivity contribution in [2.24, 2.45) is 5.73 Å². The molecule has 0 bridgehead atoms. The van der Waals surface area contributed by atoms with E-state index >= 15 is 0 Å². The molecule has 3 N–H and O–H groups in total. The van der Waals surface area contributed by atoms with Gasteiger partial charge in [0, 0.05) is 25.3 Å². The van der Waals surface area contributed by atoms with Gasteiger partial charge in [0.15, 0.2) is 0 Å². The Balaban J connectivity index is 1.83. The molecule has 3 heterocycles. The number of carbonyl (C=O) groups is 2. The summed E-state index contributed by atoms with van der Waals surface area (Å²) < 4.78 is 0. The molecule has 20 heavy (non-hydrogen) atoms. The van der Waals surface area contributed by atoms with E-state index in [0.29, 0.717) is 16.5 Å². The molecule has 1 aromatic rings. The first kappa shape index (κ1) is 13.1. The molecule has 2 aliphatic rings. The van der Waals surface area contributed by atoms with Gasteiger partial charge in [-0.1, -0.05) is 0 Å². The number of anilines is 1. The Morgan fingerprint density at radius 3 is 3.00 bits per heavy atom. The largest absolute Gasteiger partial charge is 0.339 e. The van der Waals surface area contributed by atoms with Crippen molar-refractivity contribution < 1.29 is 9.59 Å². The predicted octanol–water partition coefficient (Wildman–Crippen LogP) is 0.338. The number of rotatable bonds is 2. The number of nitrogens with two attached hydrogens (primary N) is 1. The molecule has 0 aromatic carbocycles. The van der Waals surface area contributed by atoms with Crippen LogP contribution in [0.5, 0.6) is 0 Å². The van der Waals surface area contributed by atoms with Gasteiger partial charge in [0.25, 0.3) is 11.1 Å². The third-order valence-corrected chi connectivity index (χ3v) is 3.90. The van der Waals surface area contributed by atoms with E-state index in [2.05, 4.69) is 15.3 Å². The second-order valence-corrected chi connectivity index (χ2v) is 5.64. The second kappa shape index (κ2) is 5.22. The SMILES string of the molecule is NC1CCN(c2nccc(/C=C3/SC(=O)NC3=O)n2)C1. The summed E-state index contributed by atoms with van der Waals surface area (Å²) in [5, 5.41) is 1.85. The Hall–Kier alpha value is -1.93. The average Bonchev–Trinajstić information content (AvgIpc) is 2.97. The molecule has 7 nitrogen and oxygen atoms in total. The van der Waals surface area contributed by atoms with Crippen LogP contribution in [0.2, 0.25) is 0 Å². The highest BCUT2D eigenvalue weighted by atomic mass is 32.2. The lowest BCUT2D eigenvalue weighted by Gasteiger charge is -2.15. The maximum Gasteiger partial charge on any atom is 0.290 e. The first-order valence-electron chi connectivity index (χ1n) is 6.20. The van der Waals surface area contributed by atoms with Crippen molar-refractivity contribution in [2.45, 2.75) is 12.5 Å². The maximum atomic E-state index is 11.5. The van der Waals surface area contributed by atoms with Crippen molar-refractivity contribution in [1.82, 2.24) is 15.3 Å². The minimum atomic E-state index is -0.386. The van der Waals surface area contributed by atoms with Crippen LogP contribution in [0.15, 0.2) is 17.2 Å². The summed E-state index contributed by atoms with van der Waals surface area (Å²) in [4.78, 5) is 33.6. The average molecular weight is 291 g/mol. The first-order valence-corrected chi connectivity index (χ1v) is 7.02. The van der Waals surface area contributed by atoms with Crippen LogP contribution in [0.1, 0.15) is 12.1 Å². The number of nitrogens with one attached hydrogen (secondary N) is 1. The molecule has 2 aliphatic heterocycles. The zero-order chi connectivity index (χ0) is 14.1. The van der Waals surface area contributed by atoms with Crippen LogP contribution in [0.4, 0.5) is 10.7 Å². The monoisotopic (exact) mass is 291 g/mol. The molecular formula is C12H13N5O2S. The summed E-state index contributed by atoms with van der Waals surface area (Å²) in [6.07, 6.45) is 4.14. The molecule has 2 saturated heterocycles. The number of thioether (sulfide) groups is 1. The summed E-state index contributed by atoms with van der Waals surface area (Å²) in [7, 11) is 0. The lowest BCUT2D eigenvalue weighted by Crippen LogP contribution is -2.27. The molecule has 1 unspecified atom stereocenters. The van der Waals surface area contributed by atoms with Gasteiger partial charge in [0.05, 0.1) is 10.6 Å². The van der Waals surface area contributed by atoms with Crippen LogP contribution in [0.25, 0.3) is 6.08 Å². The van der Waals surface area contributed by atoms with E-state index in [9.17, 15) is 9.59 Å². The smallest absolute Gasteiger partial charge is 0.290 e. The number of carbonyl (C=O) groups excluding carboxylic acids is 2. The van der Waals surface area contributed by atoms with Crippen molar-refractivity contribution in [3.63, 3.8) is 0 Å². The molecule has 2 amide bonds. The van der Waals surface area contributed by atoms with Gasteiger partial charge in [-0.15, -0.1) is 0 Å². The summed E-state index contributed by atoms with van der Waals surface area (Å²) in [6, 6.07) is 1.85. The quantitative estimate of drug-likeness (QED) is 0.757. The highest BCUT2D eigenvalue weighted by Crippen LogP contribution is 2.25. The number of aromatic nitrogens is 2. The van der Waals surface area contributed by atoms with Crippen molar-refractivity contribution in [2.75, 3.05) is 18.0 Å². The summed E-state index contributed by atoms with van der Waals surface area (Å²) in [6.45, 7) is 1.56. The molecule has 0 radical (unpaired) electrons. The number of imide groups is 1. The lowest BCUT2D eigenvalue weighted by atomic mass is 10.3. The molecule has 0 spiro atoms. The fourth-order valence-electron chi connectivity index (χ4n) is 2.12. The fraction of sp³-hybridized carbons (Fsp3) is 0.333. The third kappa shape index (κ3) is 2.66. The van der Waals surface area contributed by atoms with Gasteiger partial charge in [-0.05, 0) is 30.3 Å². The number of hydrogen-bond donors (Lipinski definition) is 2. The van der Waals surface area contributed by atoms with Gasteiger partial charge in [0.1, 0.15) is 0 Å². The molecule has 1 aromatic heterocycles. The second-order valence-electron chi connectivity index (χ2n) is 4.63. The van der Waals surface area contributed by atoms with Crippen LogP contribution in [0.3, 0.4) is 0 Å². The number of nitrogens with zero attached hydrogens (tertiary/aromatic N) is 3. The van der Waals surface area contributed by atoms with Gasteiger partial charge in [-0.3, -0.25) is 14.9 Å². The van der Waals surface area contributed by atoms with E-state index in [1.807, 2.05) is 4.90 Å². The van der Waals surface area contributed by atoms with Gasteiger partial charge in [-0.25, -0.2) is 9.97 Å². The van der Waals surface area contributed by atoms with E-state index in [1.165, 1.54) is 0 Å². The molecule has 0 saturated carbocycles. The predicted molar refractivity (Wildman–Crippen MR) is 75.9 cm³/mol. The molecule has 2 fully saturated rings. The molecule has 0 aliphatic carbocycles. The summed E-state index contributed by atoms with van der Waals surface area (Å²) in [5.41, 5.74) is 6.46. The van der Waals surface area contributed by atoms with E-state index in [-0.39, 0.29) is 17.2 Å². The van der Waals surface area contributed by atoms with E-state index in [4.69, 9.17) is 5.73 Å². The fourth-order valence-corrected chi connectivity index (χ4v) is 2.79. The number of hydrogen-bond acceptors (Lipinski definition) is 7. The van der Waals surface area contributed by atoms with Crippen molar-refractivity contribution in [3.8, 4) is 0 Å². The summed E-state index contributed by atoms with van der Waals surface area (Å²) >= 11 is 0.875. The highest BCUT2D eigenvalue weighted by molar-refractivity contribution is 8.18. The topological polar surface area (TPSA) is 101 Å². The van der Waals surface area contributed by atoms with E-state index in [0.717, 1.165) is 31.3 Å². The van der Waals surface area contributed by atoms with Gasteiger partial charge in [-0.2, -0.15) is 0 Å². The molecule has 8 heteroatoms. The lowest BCUT2D eigenvalue weighted by molar-refractivity contribution is -0.115. The van der Waals surface area contributed by atoms with Crippen LogP contribution < -0.4 is 16.0 Å². The standard InChI is InChI=1S/C12H13N5O2S/c13-7-2-4-17(6-7)11-14-3-1-8(15-11)5-9-10(18)16-12(19)20-9/h1,3,5,7H,2,4,6,13H2,(H,16,18,19)/b9-5+. The van der Waals surface area contributed by atoms with Gasteiger partial charge < -0.3 is 10.6 Å². The van der Waals surface area contributed by atoms with E-state index < -0.39 is 0 Å². The Bertz CT molecular complexity index is 603. The van der Waals surface area contributed by atoms with Crippen LogP contribution >= 0.6 is 11.8 Å². The van der Waals surface area contributed by atoms with Gasteiger partial charge >= 0.3 is 0 Å². The first-order chi connectivity index (χ1) is 9.61. The van der Waals surface area contributed by atoms with Gasteiger partial charge in [0.2, 0.25) is 5.95 Å². The Labute approximate surface area is 119 Å². The van der Waals surface area contributed by atoms with E-state index in [1.54, 1.807) is 18.3 Å². The van der Waals surface area contributed by atoms with Crippen molar-refractivity contribution in [3.05, 3.63) is 22.9 Å². The zero-order valence-corrected chi connectivity index (χ0v) is 11.4. The molecule has 104 valence electrons. The molecular weight excluding hydrogens is 278 g/mol. The van der Waals surface area contributed by atoms with Crippen LogP contribution in [-0.2, 0) is 4.79 Å². The highest BCUT2D eigenvalue weighted by Gasteiger charge is 2.25. The van der Waals surface area contributed by atoms with Crippen LogP contribution in [0, 0.1) is 0 Å². The number of amides is 2. The maximum absolute atomic E-state index is 11.5. The molecule has 3 rings (SSSR count). The van der Waals surface area contributed by atoms with Crippen LogP contribution in [-0.4, -0.2) is 40.2 Å². The van der Waals surface area contributed by atoms with Crippen molar-refractivity contribution >= 4 is 34.9 Å². The Kier molecular flexibility index (Phi) is 3.41. The summed E-state index contributed by atoms with van der Waals surface area (Å²) in [5.74, 6) is 0.213. The zero-order valence-electron chi connectivity index (χ0n) is 10.6. The van der Waals surface area contributed by atoms with Crippen molar-refractivity contribution in [1.29, 1.82) is 0 Å². The third-order valence-electron chi connectivity index (χ3n) is 3.09. The Morgan fingerprint density at radius 1 is 1.50 bits per heavy atom.